The number of rotatable bonds is 8. The molecule has 5 rings (SSSR count). The van der Waals surface area contributed by atoms with Crippen LogP contribution in [-0.2, 0) is 6.42 Å². The zero-order valence-corrected chi connectivity index (χ0v) is 20.4. The van der Waals surface area contributed by atoms with Crippen LogP contribution in [0.25, 0.3) is 10.9 Å². The first kappa shape index (κ1) is 25.0. The Morgan fingerprint density at radius 2 is 1.81 bits per heavy atom. The molecule has 2 N–H and O–H groups in total. The first-order chi connectivity index (χ1) is 17.1. The molecular weight excluding hydrogens is 475 g/mol. The second-order valence-electron chi connectivity index (χ2n) is 10.3. The highest BCUT2D eigenvalue weighted by molar-refractivity contribution is 5.85. The molecule has 0 amide bonds. The molecule has 2 aliphatic heterocycles. The van der Waals surface area contributed by atoms with Crippen LogP contribution in [0, 0.1) is 11.6 Å². The summed E-state index contributed by atoms with van der Waals surface area (Å²) in [7, 11) is 0. The van der Waals surface area contributed by atoms with Crippen LogP contribution in [-0.4, -0.2) is 65.6 Å². The molecule has 194 valence electrons. The van der Waals surface area contributed by atoms with E-state index < -0.39 is 30.1 Å². The Bertz CT molecular complexity index is 1210. The molecule has 1 fully saturated rings. The summed E-state index contributed by atoms with van der Waals surface area (Å²) in [4.78, 5) is 6.85. The fourth-order valence-corrected chi connectivity index (χ4v) is 5.68. The number of alkyl halides is 3. The van der Waals surface area contributed by atoms with Gasteiger partial charge in [-0.1, -0.05) is 18.2 Å². The van der Waals surface area contributed by atoms with E-state index in [1.165, 1.54) is 17.0 Å². The minimum absolute atomic E-state index is 0.0135. The summed E-state index contributed by atoms with van der Waals surface area (Å²) in [6.07, 6.45) is 0.961. The van der Waals surface area contributed by atoms with Crippen molar-refractivity contribution in [3.63, 3.8) is 0 Å². The van der Waals surface area contributed by atoms with Crippen LogP contribution in [0.5, 0.6) is 0 Å². The average Bonchev–Trinajstić information content (AvgIpc) is 3.14. The molecule has 0 aliphatic carbocycles. The molecule has 36 heavy (non-hydrogen) atoms. The molecule has 1 saturated heterocycles. The van der Waals surface area contributed by atoms with Crippen LogP contribution in [0.2, 0.25) is 0 Å². The number of nitrogens with zero attached hydrogens (tertiary/aromatic N) is 2. The number of para-hydroxylation sites is 1. The lowest BCUT2D eigenvalue weighted by molar-refractivity contribution is -0.0374. The maximum atomic E-state index is 15.6. The molecule has 0 bridgehead atoms. The molecule has 3 aromatic rings. The highest BCUT2D eigenvalue weighted by Gasteiger charge is 2.42. The van der Waals surface area contributed by atoms with Crippen LogP contribution in [0.3, 0.4) is 0 Å². The largest absolute Gasteiger partial charge is 0.380 e. The maximum Gasteiger partial charge on any atom is 0.257 e. The number of hydrogen-bond donors (Lipinski definition) is 2. The van der Waals surface area contributed by atoms with E-state index in [1.54, 1.807) is 0 Å². The molecule has 9 heteroatoms. The van der Waals surface area contributed by atoms with E-state index in [1.807, 2.05) is 31.2 Å². The molecule has 1 aromatic heterocycles. The monoisotopic (exact) mass is 506 g/mol. The number of aromatic nitrogens is 1. The maximum absolute atomic E-state index is 15.6. The number of H-pyrrole nitrogens is 1. The van der Waals surface area contributed by atoms with E-state index in [2.05, 4.69) is 15.2 Å². The normalized spacial score (nSPS) is 21.5. The van der Waals surface area contributed by atoms with Crippen LogP contribution in [0.1, 0.15) is 43.1 Å². The number of hydrogen-bond acceptors (Lipinski definition) is 3. The summed E-state index contributed by atoms with van der Waals surface area (Å²) in [5.74, 6) is -4.60. The van der Waals surface area contributed by atoms with E-state index in [4.69, 9.17) is 0 Å². The lowest BCUT2D eigenvalue weighted by atomic mass is 9.87. The molecule has 2 aliphatic rings. The van der Waals surface area contributed by atoms with Crippen molar-refractivity contribution in [1.29, 1.82) is 0 Å². The Balaban J connectivity index is 1.50. The third-order valence-corrected chi connectivity index (χ3v) is 7.27. The fourth-order valence-electron chi connectivity index (χ4n) is 5.68. The number of nitrogens with one attached hydrogen (secondary N) is 2. The first-order valence-corrected chi connectivity index (χ1v) is 12.4. The standard InChI is InChI=1S/C27H31F5N4/c1-16-10-20-19-6-3-4-7-23(19)34-25(20)26(36(16)15-27(2,31)32)24-21(29)11-17(12-22(24)30)33-18-13-35(14-18)9-5-8-28/h3-4,6-7,11-12,16,18,26,33-34H,5,8-10,13-15H2,1-2H3/t16-,26-/m1/s1. The summed E-state index contributed by atoms with van der Waals surface area (Å²) < 4.78 is 72.1. The van der Waals surface area contributed by atoms with Gasteiger partial charge in [-0.3, -0.25) is 14.2 Å². The summed E-state index contributed by atoms with van der Waals surface area (Å²) in [5, 5.41) is 4.08. The average molecular weight is 507 g/mol. The fraction of sp³-hybridized carbons (Fsp3) is 0.481. The number of fused-ring (bicyclic) bond motifs is 3. The smallest absolute Gasteiger partial charge is 0.257 e. The number of benzene rings is 2. The van der Waals surface area contributed by atoms with Crippen molar-refractivity contribution in [2.24, 2.45) is 0 Å². The van der Waals surface area contributed by atoms with Crippen LogP contribution in [0.4, 0.5) is 27.6 Å². The van der Waals surface area contributed by atoms with Gasteiger partial charge in [0.25, 0.3) is 5.92 Å². The van der Waals surface area contributed by atoms with Crippen LogP contribution >= 0.6 is 0 Å². The zero-order chi connectivity index (χ0) is 25.6. The van der Waals surface area contributed by atoms with Gasteiger partial charge in [-0.2, -0.15) is 0 Å². The van der Waals surface area contributed by atoms with Crippen molar-refractivity contribution < 1.29 is 22.0 Å². The van der Waals surface area contributed by atoms with E-state index in [9.17, 15) is 13.2 Å². The summed E-state index contributed by atoms with van der Waals surface area (Å²) in [6, 6.07) is 8.70. The minimum Gasteiger partial charge on any atom is -0.380 e. The summed E-state index contributed by atoms with van der Waals surface area (Å²) in [5.41, 5.74) is 2.34. The van der Waals surface area contributed by atoms with Crippen molar-refractivity contribution in [3.05, 3.63) is 64.9 Å². The quantitative estimate of drug-likeness (QED) is 0.374. The van der Waals surface area contributed by atoms with Crippen molar-refractivity contribution in [2.75, 3.05) is 38.2 Å². The Morgan fingerprint density at radius 3 is 2.47 bits per heavy atom. The van der Waals surface area contributed by atoms with Crippen LogP contribution < -0.4 is 5.32 Å². The van der Waals surface area contributed by atoms with Gasteiger partial charge in [0.15, 0.2) is 0 Å². The molecular formula is C27H31F5N4. The number of aromatic amines is 1. The molecule has 4 nitrogen and oxygen atoms in total. The molecule has 2 aromatic carbocycles. The van der Waals surface area contributed by atoms with E-state index in [-0.39, 0.29) is 24.3 Å². The van der Waals surface area contributed by atoms with Gasteiger partial charge in [0.1, 0.15) is 11.6 Å². The second kappa shape index (κ2) is 9.67. The zero-order valence-electron chi connectivity index (χ0n) is 20.4. The molecule has 0 spiro atoms. The lowest BCUT2D eigenvalue weighted by Gasteiger charge is -2.42. The number of halogens is 5. The minimum atomic E-state index is -3.04. The van der Waals surface area contributed by atoms with E-state index in [0.717, 1.165) is 23.4 Å². The van der Waals surface area contributed by atoms with Gasteiger partial charge in [0.2, 0.25) is 0 Å². The predicted octanol–water partition coefficient (Wildman–Crippen LogP) is 5.89. The first-order valence-electron chi connectivity index (χ1n) is 12.4. The third kappa shape index (κ3) is 4.83. The third-order valence-electron chi connectivity index (χ3n) is 7.27. The molecule has 3 heterocycles. The summed E-state index contributed by atoms with van der Waals surface area (Å²) in [6.45, 7) is 3.65. The molecule has 0 saturated carbocycles. The lowest BCUT2D eigenvalue weighted by Crippen LogP contribution is -2.54. The number of likely N-dealkylation sites (tertiary alicyclic amines) is 1. The number of anilines is 1. The Kier molecular flexibility index (Phi) is 6.72. The Hall–Kier alpha value is -2.65. The molecule has 0 unspecified atom stereocenters. The highest BCUT2D eigenvalue weighted by atomic mass is 19.3. The van der Waals surface area contributed by atoms with Gasteiger partial charge in [-0.25, -0.2) is 17.6 Å². The highest BCUT2D eigenvalue weighted by Crippen LogP contribution is 2.43. The second-order valence-corrected chi connectivity index (χ2v) is 10.3. The van der Waals surface area contributed by atoms with Crippen molar-refractivity contribution in [2.45, 2.75) is 50.7 Å². The van der Waals surface area contributed by atoms with Gasteiger partial charge in [-0.15, -0.1) is 0 Å². The van der Waals surface area contributed by atoms with Gasteiger partial charge < -0.3 is 10.3 Å². The van der Waals surface area contributed by atoms with Gasteiger partial charge in [0.05, 0.1) is 25.3 Å². The van der Waals surface area contributed by atoms with E-state index in [0.29, 0.717) is 43.9 Å². The van der Waals surface area contributed by atoms with E-state index >= 15 is 8.78 Å². The Labute approximate surface area is 207 Å². The van der Waals surface area contributed by atoms with Crippen LogP contribution in [0.15, 0.2) is 36.4 Å². The van der Waals surface area contributed by atoms with Crippen molar-refractivity contribution in [3.8, 4) is 0 Å². The predicted molar refractivity (Wildman–Crippen MR) is 131 cm³/mol. The van der Waals surface area contributed by atoms with Gasteiger partial charge in [0, 0.05) is 60.4 Å². The van der Waals surface area contributed by atoms with Crippen molar-refractivity contribution >= 4 is 16.6 Å². The van der Waals surface area contributed by atoms with Gasteiger partial charge >= 0.3 is 0 Å². The summed E-state index contributed by atoms with van der Waals surface area (Å²) >= 11 is 0. The van der Waals surface area contributed by atoms with Gasteiger partial charge in [-0.05, 0) is 43.5 Å². The Morgan fingerprint density at radius 1 is 1.11 bits per heavy atom. The molecule has 0 radical (unpaired) electrons. The van der Waals surface area contributed by atoms with Crippen molar-refractivity contribution in [1.82, 2.24) is 14.8 Å². The molecule has 2 atom stereocenters. The topological polar surface area (TPSA) is 34.3 Å². The SMILES string of the molecule is C[C@@H]1Cc2c([nH]c3ccccc23)[C@@H](c2c(F)cc(NC3CN(CCCF)C3)cc2F)N1CC(C)(F)F.